The molecule has 2 aromatic heterocycles. The molecule has 0 aliphatic heterocycles. The van der Waals surface area contributed by atoms with Crippen molar-refractivity contribution in [1.82, 2.24) is 4.98 Å². The smallest absolute Gasteiger partial charge is 0.364 e. The number of nitrogens with zero attached hydrogens (tertiary/aromatic N) is 2. The molecule has 2 rings (SSSR count). The van der Waals surface area contributed by atoms with Gasteiger partial charge < -0.3 is 25.0 Å². The maximum atomic E-state index is 11.0. The number of carboxylic acid groups (broad SMARTS) is 1. The van der Waals surface area contributed by atoms with Gasteiger partial charge in [-0.1, -0.05) is 0 Å². The third-order valence-corrected chi connectivity index (χ3v) is 2.37. The molecule has 2 heterocycles. The topological polar surface area (TPSA) is 118 Å². The number of furan rings is 1. The van der Waals surface area contributed by atoms with Crippen LogP contribution in [-0.4, -0.2) is 21.0 Å². The Morgan fingerprint density at radius 3 is 2.95 bits per heavy atom. The van der Waals surface area contributed by atoms with Crippen molar-refractivity contribution in [3.05, 3.63) is 52.1 Å². The van der Waals surface area contributed by atoms with Crippen molar-refractivity contribution in [2.45, 2.75) is 6.54 Å². The van der Waals surface area contributed by atoms with Gasteiger partial charge in [-0.3, -0.25) is 0 Å². The average molecular weight is 263 g/mol. The number of carbonyl (C=O) groups is 1. The summed E-state index contributed by atoms with van der Waals surface area (Å²) in [4.78, 5) is 24.4. The molecule has 8 nitrogen and oxygen atoms in total. The van der Waals surface area contributed by atoms with Crippen LogP contribution in [0.3, 0.4) is 0 Å². The lowest BCUT2D eigenvalue weighted by molar-refractivity contribution is -0.389. The van der Waals surface area contributed by atoms with Gasteiger partial charge in [-0.05, 0) is 16.0 Å². The highest BCUT2D eigenvalue weighted by atomic mass is 16.6. The first kappa shape index (κ1) is 12.6. The second kappa shape index (κ2) is 5.17. The largest absolute Gasteiger partial charge is 0.478 e. The number of carboxylic acids is 1. The van der Waals surface area contributed by atoms with Gasteiger partial charge in [0.25, 0.3) is 0 Å². The minimum absolute atomic E-state index is 0.204. The molecule has 0 unspecified atom stereocenters. The summed E-state index contributed by atoms with van der Waals surface area (Å²) in [6.07, 6.45) is 4.12. The van der Waals surface area contributed by atoms with Crippen molar-refractivity contribution >= 4 is 17.5 Å². The number of anilines is 1. The highest BCUT2D eigenvalue weighted by Gasteiger charge is 2.18. The molecule has 0 bridgehead atoms. The second-order valence-electron chi connectivity index (χ2n) is 3.64. The van der Waals surface area contributed by atoms with Gasteiger partial charge in [0.05, 0.1) is 29.8 Å². The van der Waals surface area contributed by atoms with Gasteiger partial charge in [0, 0.05) is 12.1 Å². The number of aromatic nitrogens is 1. The van der Waals surface area contributed by atoms with Crippen LogP contribution in [0.5, 0.6) is 0 Å². The third-order valence-electron chi connectivity index (χ3n) is 2.37. The Hall–Kier alpha value is -2.90. The summed E-state index contributed by atoms with van der Waals surface area (Å²) in [5.41, 5.74) is 0.819. The number of nitro groups is 1. The molecular weight excluding hydrogens is 254 g/mol. The lowest BCUT2D eigenvalue weighted by atomic mass is 10.2. The summed E-state index contributed by atoms with van der Waals surface area (Å²) in [6, 6.07) is 2.63. The van der Waals surface area contributed by atoms with E-state index in [9.17, 15) is 14.9 Å². The van der Waals surface area contributed by atoms with E-state index in [0.717, 1.165) is 17.8 Å². The molecule has 2 aromatic rings. The SMILES string of the molecule is O=C(O)c1cc([N+](=O)[O-])ncc1NCc1ccoc1. The van der Waals surface area contributed by atoms with E-state index in [1.54, 1.807) is 6.07 Å². The van der Waals surface area contributed by atoms with Crippen molar-refractivity contribution < 1.29 is 19.2 Å². The molecule has 0 atom stereocenters. The number of hydrogen-bond acceptors (Lipinski definition) is 6. The Balaban J connectivity index is 2.24. The molecule has 0 aliphatic rings. The maximum absolute atomic E-state index is 11.0. The second-order valence-corrected chi connectivity index (χ2v) is 3.64. The summed E-state index contributed by atoms with van der Waals surface area (Å²) >= 11 is 0. The van der Waals surface area contributed by atoms with Gasteiger partial charge in [-0.2, -0.15) is 0 Å². The van der Waals surface area contributed by atoms with Crippen LogP contribution in [0.15, 0.2) is 35.3 Å². The molecule has 0 fully saturated rings. The molecule has 98 valence electrons. The quantitative estimate of drug-likeness (QED) is 0.624. The zero-order chi connectivity index (χ0) is 13.8. The van der Waals surface area contributed by atoms with E-state index >= 15 is 0 Å². The number of pyridine rings is 1. The highest BCUT2D eigenvalue weighted by Crippen LogP contribution is 2.20. The molecule has 19 heavy (non-hydrogen) atoms. The first-order valence-electron chi connectivity index (χ1n) is 5.20. The van der Waals surface area contributed by atoms with E-state index in [4.69, 9.17) is 9.52 Å². The summed E-state index contributed by atoms with van der Waals surface area (Å²) in [5, 5.41) is 22.4. The van der Waals surface area contributed by atoms with Crippen LogP contribution in [0.4, 0.5) is 11.5 Å². The molecule has 0 spiro atoms. The monoisotopic (exact) mass is 263 g/mol. The standard InChI is InChI=1S/C11H9N3O5/c15-11(16)8-3-10(14(17)18)13-5-9(8)12-4-7-1-2-19-6-7/h1-3,5-6,12H,4H2,(H,15,16). The number of hydrogen-bond donors (Lipinski definition) is 2. The van der Waals surface area contributed by atoms with E-state index in [0.29, 0.717) is 6.54 Å². The predicted molar refractivity (Wildman–Crippen MR) is 63.9 cm³/mol. The fraction of sp³-hybridized carbons (Fsp3) is 0.0909. The Bertz CT molecular complexity index is 609. The van der Waals surface area contributed by atoms with E-state index < -0.39 is 16.7 Å². The molecule has 0 amide bonds. The third kappa shape index (κ3) is 2.86. The highest BCUT2D eigenvalue weighted by molar-refractivity contribution is 5.94. The summed E-state index contributed by atoms with van der Waals surface area (Å²) in [5.74, 6) is -1.77. The molecular formula is C11H9N3O5. The molecule has 8 heteroatoms. The van der Waals surface area contributed by atoms with Crippen molar-refractivity contribution in [3.8, 4) is 0 Å². The minimum atomic E-state index is -1.26. The molecule has 0 saturated carbocycles. The van der Waals surface area contributed by atoms with Crippen molar-refractivity contribution in [1.29, 1.82) is 0 Å². The fourth-order valence-electron chi connectivity index (χ4n) is 1.45. The Kier molecular flexibility index (Phi) is 3.42. The van der Waals surface area contributed by atoms with Crippen LogP contribution in [0, 0.1) is 10.1 Å². The molecule has 0 radical (unpaired) electrons. The zero-order valence-electron chi connectivity index (χ0n) is 9.57. The molecule has 0 saturated heterocycles. The molecule has 0 aromatic carbocycles. The number of nitrogens with one attached hydrogen (secondary N) is 1. The van der Waals surface area contributed by atoms with Crippen LogP contribution < -0.4 is 5.32 Å². The van der Waals surface area contributed by atoms with E-state index in [2.05, 4.69) is 10.3 Å². The van der Waals surface area contributed by atoms with Gasteiger partial charge in [-0.15, -0.1) is 0 Å². The molecule has 0 aliphatic carbocycles. The first-order valence-corrected chi connectivity index (χ1v) is 5.20. The van der Waals surface area contributed by atoms with Crippen molar-refractivity contribution in [2.75, 3.05) is 5.32 Å². The lowest BCUT2D eigenvalue weighted by Gasteiger charge is -2.06. The summed E-state index contributed by atoms with van der Waals surface area (Å²) in [7, 11) is 0. The number of aromatic carboxylic acids is 1. The van der Waals surface area contributed by atoms with Crippen LogP contribution in [0.2, 0.25) is 0 Å². The normalized spacial score (nSPS) is 10.1. The van der Waals surface area contributed by atoms with E-state index in [-0.39, 0.29) is 11.3 Å². The average Bonchev–Trinajstić information content (AvgIpc) is 2.89. The molecule has 2 N–H and O–H groups in total. The van der Waals surface area contributed by atoms with E-state index in [1.165, 1.54) is 12.5 Å². The van der Waals surface area contributed by atoms with Crippen molar-refractivity contribution in [2.24, 2.45) is 0 Å². The van der Waals surface area contributed by atoms with Crippen LogP contribution in [0.1, 0.15) is 15.9 Å². The van der Waals surface area contributed by atoms with Crippen LogP contribution in [-0.2, 0) is 6.54 Å². The maximum Gasteiger partial charge on any atom is 0.364 e. The minimum Gasteiger partial charge on any atom is -0.478 e. The first-order chi connectivity index (χ1) is 9.08. The lowest BCUT2D eigenvalue weighted by Crippen LogP contribution is -2.08. The van der Waals surface area contributed by atoms with Gasteiger partial charge in [0.2, 0.25) is 0 Å². The zero-order valence-corrected chi connectivity index (χ0v) is 9.57. The predicted octanol–water partition coefficient (Wildman–Crippen LogP) is 1.89. The summed E-state index contributed by atoms with van der Waals surface area (Å²) in [6.45, 7) is 0.330. The van der Waals surface area contributed by atoms with Crippen LogP contribution >= 0.6 is 0 Å². The van der Waals surface area contributed by atoms with E-state index in [1.807, 2.05) is 0 Å². The van der Waals surface area contributed by atoms with Crippen LogP contribution in [0.25, 0.3) is 0 Å². The van der Waals surface area contributed by atoms with Gasteiger partial charge >= 0.3 is 11.8 Å². The van der Waals surface area contributed by atoms with Gasteiger partial charge in [-0.25, -0.2) is 4.79 Å². The van der Waals surface area contributed by atoms with Gasteiger partial charge in [0.1, 0.15) is 0 Å². The number of rotatable bonds is 5. The fourth-order valence-corrected chi connectivity index (χ4v) is 1.45. The van der Waals surface area contributed by atoms with Crippen molar-refractivity contribution in [3.63, 3.8) is 0 Å². The Morgan fingerprint density at radius 2 is 2.37 bits per heavy atom. The van der Waals surface area contributed by atoms with Gasteiger partial charge in [0.15, 0.2) is 6.20 Å². The Labute approximate surface area is 106 Å². The summed E-state index contributed by atoms with van der Waals surface area (Å²) < 4.78 is 4.87. The Morgan fingerprint density at radius 1 is 1.58 bits per heavy atom.